The van der Waals surface area contributed by atoms with E-state index in [1.807, 2.05) is 32.9 Å². The van der Waals surface area contributed by atoms with Gasteiger partial charge >= 0.3 is 0 Å². The highest BCUT2D eigenvalue weighted by Gasteiger charge is 2.40. The van der Waals surface area contributed by atoms with Crippen LogP contribution in [0.1, 0.15) is 70.9 Å². The second kappa shape index (κ2) is 12.2. The maximum Gasteiger partial charge on any atom is 0.253 e. The average Bonchev–Trinajstić information content (AvgIpc) is 3.35. The van der Waals surface area contributed by atoms with Crippen molar-refractivity contribution in [2.75, 3.05) is 49.7 Å². The predicted molar refractivity (Wildman–Crippen MR) is 171 cm³/mol. The third kappa shape index (κ3) is 5.70. The molecule has 0 bridgehead atoms. The standard InChI is InChI=1S/C35H44N4O4/c1-5-39(27-8-12-42-13-9-27)32-19-26(25-6-7-30-31(18-25)37-21-35(30)10-14-43-15-11-35)17-28(24(32)4)33(40)36-20-29-22(2)16-23(3)38-34(29)41/h6-7,16-19,27,37H,5,8-15,20-21H2,1-4H3,(H,36,40)(H,38,41). The van der Waals surface area contributed by atoms with Gasteiger partial charge in [-0.05, 0) is 105 Å². The van der Waals surface area contributed by atoms with Crippen molar-refractivity contribution in [1.29, 1.82) is 0 Å². The van der Waals surface area contributed by atoms with Crippen LogP contribution in [-0.4, -0.2) is 56.5 Å². The van der Waals surface area contributed by atoms with Crippen LogP contribution in [0.15, 0.2) is 41.2 Å². The number of aryl methyl sites for hydroxylation is 2. The van der Waals surface area contributed by atoms with Gasteiger partial charge < -0.3 is 30.0 Å². The monoisotopic (exact) mass is 584 g/mol. The molecule has 0 atom stereocenters. The zero-order chi connectivity index (χ0) is 30.1. The maximum atomic E-state index is 13.9. The van der Waals surface area contributed by atoms with Crippen molar-refractivity contribution >= 4 is 17.3 Å². The van der Waals surface area contributed by atoms with E-state index in [0.717, 1.165) is 98.8 Å². The topological polar surface area (TPSA) is 95.7 Å². The van der Waals surface area contributed by atoms with Crippen LogP contribution in [0.2, 0.25) is 0 Å². The fraction of sp³-hybridized carbons (Fsp3) is 0.486. The summed E-state index contributed by atoms with van der Waals surface area (Å²) in [5, 5.41) is 6.74. The molecule has 2 aromatic carbocycles. The van der Waals surface area contributed by atoms with Gasteiger partial charge in [0, 0.05) is 85.7 Å². The normalized spacial score (nSPS) is 17.9. The number of hydrogen-bond donors (Lipinski definition) is 3. The fourth-order valence-corrected chi connectivity index (χ4v) is 7.29. The number of carbonyl (C=O) groups is 1. The lowest BCUT2D eigenvalue weighted by Crippen LogP contribution is -2.40. The number of aromatic nitrogens is 1. The first-order chi connectivity index (χ1) is 20.8. The number of amides is 1. The lowest BCUT2D eigenvalue weighted by atomic mass is 9.75. The molecule has 1 spiro atoms. The summed E-state index contributed by atoms with van der Waals surface area (Å²) in [5.74, 6) is -0.177. The summed E-state index contributed by atoms with van der Waals surface area (Å²) < 4.78 is 11.3. The van der Waals surface area contributed by atoms with E-state index in [1.165, 1.54) is 11.3 Å². The number of nitrogens with one attached hydrogen (secondary N) is 3. The Kier molecular flexibility index (Phi) is 8.34. The zero-order valence-corrected chi connectivity index (χ0v) is 25.9. The van der Waals surface area contributed by atoms with Gasteiger partial charge in [0.2, 0.25) is 0 Å². The van der Waals surface area contributed by atoms with E-state index in [9.17, 15) is 9.59 Å². The molecule has 1 amide bonds. The summed E-state index contributed by atoms with van der Waals surface area (Å²) in [4.78, 5) is 31.8. The van der Waals surface area contributed by atoms with Crippen molar-refractivity contribution in [2.45, 2.75) is 71.4 Å². The number of anilines is 2. The minimum atomic E-state index is -0.177. The van der Waals surface area contributed by atoms with E-state index in [1.54, 1.807) is 0 Å². The Bertz CT molecular complexity index is 1570. The first-order valence-electron chi connectivity index (χ1n) is 15.7. The molecule has 3 aromatic rings. The summed E-state index contributed by atoms with van der Waals surface area (Å²) >= 11 is 0. The van der Waals surface area contributed by atoms with Crippen molar-refractivity contribution in [2.24, 2.45) is 0 Å². The Hall–Kier alpha value is -3.62. The summed E-state index contributed by atoms with van der Waals surface area (Å²) in [7, 11) is 0. The Balaban J connectivity index is 1.38. The molecule has 2 saturated heterocycles. The molecule has 6 rings (SSSR count). The van der Waals surface area contributed by atoms with Crippen LogP contribution in [0.5, 0.6) is 0 Å². The number of H-pyrrole nitrogens is 1. The summed E-state index contributed by atoms with van der Waals surface area (Å²) in [6, 6.07) is 13.3. The van der Waals surface area contributed by atoms with E-state index >= 15 is 0 Å². The van der Waals surface area contributed by atoms with E-state index in [2.05, 4.69) is 51.7 Å². The second-order valence-electron chi connectivity index (χ2n) is 12.4. The van der Waals surface area contributed by atoms with Gasteiger partial charge in [-0.25, -0.2) is 0 Å². The smallest absolute Gasteiger partial charge is 0.253 e. The highest BCUT2D eigenvalue weighted by Crippen LogP contribution is 2.45. The van der Waals surface area contributed by atoms with E-state index in [4.69, 9.17) is 9.47 Å². The molecular formula is C35H44N4O4. The number of hydrogen-bond acceptors (Lipinski definition) is 6. The summed E-state index contributed by atoms with van der Waals surface area (Å²) in [6.45, 7) is 13.0. The van der Waals surface area contributed by atoms with Crippen molar-refractivity contribution in [3.8, 4) is 11.1 Å². The van der Waals surface area contributed by atoms with Crippen LogP contribution in [0, 0.1) is 20.8 Å². The Morgan fingerprint density at radius 2 is 1.74 bits per heavy atom. The minimum absolute atomic E-state index is 0.142. The van der Waals surface area contributed by atoms with Crippen molar-refractivity contribution < 1.29 is 14.3 Å². The predicted octanol–water partition coefficient (Wildman–Crippen LogP) is 5.38. The molecule has 3 aliphatic heterocycles. The molecule has 228 valence electrons. The Morgan fingerprint density at radius 1 is 1.00 bits per heavy atom. The largest absolute Gasteiger partial charge is 0.384 e. The molecule has 43 heavy (non-hydrogen) atoms. The molecule has 3 aliphatic rings. The number of benzene rings is 2. The van der Waals surface area contributed by atoms with Gasteiger partial charge in [0.15, 0.2) is 0 Å². The first-order valence-corrected chi connectivity index (χ1v) is 15.7. The van der Waals surface area contributed by atoms with Crippen molar-refractivity contribution in [3.63, 3.8) is 0 Å². The molecular weight excluding hydrogens is 540 g/mol. The molecule has 3 N–H and O–H groups in total. The van der Waals surface area contributed by atoms with Gasteiger partial charge in [-0.1, -0.05) is 12.1 Å². The number of fused-ring (bicyclic) bond motifs is 2. The highest BCUT2D eigenvalue weighted by atomic mass is 16.5. The minimum Gasteiger partial charge on any atom is -0.384 e. The van der Waals surface area contributed by atoms with Crippen LogP contribution in [0.3, 0.4) is 0 Å². The molecule has 8 nitrogen and oxygen atoms in total. The van der Waals surface area contributed by atoms with Crippen LogP contribution < -0.4 is 21.1 Å². The fourth-order valence-electron chi connectivity index (χ4n) is 7.29. The summed E-state index contributed by atoms with van der Waals surface area (Å²) in [6.07, 6.45) is 3.99. The van der Waals surface area contributed by atoms with E-state index < -0.39 is 0 Å². The number of aromatic amines is 1. The number of rotatable bonds is 7. The van der Waals surface area contributed by atoms with Gasteiger partial charge in [-0.3, -0.25) is 9.59 Å². The molecule has 8 heteroatoms. The van der Waals surface area contributed by atoms with Crippen molar-refractivity contribution in [3.05, 3.63) is 80.3 Å². The molecule has 4 heterocycles. The van der Waals surface area contributed by atoms with Crippen LogP contribution in [0.25, 0.3) is 11.1 Å². The highest BCUT2D eigenvalue weighted by molar-refractivity contribution is 5.99. The second-order valence-corrected chi connectivity index (χ2v) is 12.4. The summed E-state index contributed by atoms with van der Waals surface area (Å²) in [5.41, 5.74) is 9.56. The molecule has 0 saturated carbocycles. The maximum absolute atomic E-state index is 13.9. The Morgan fingerprint density at radius 3 is 2.47 bits per heavy atom. The van der Waals surface area contributed by atoms with Crippen LogP contribution >= 0.6 is 0 Å². The molecule has 2 fully saturated rings. The van der Waals surface area contributed by atoms with Gasteiger partial charge in [0.05, 0.1) is 0 Å². The lowest BCUT2D eigenvalue weighted by Gasteiger charge is -2.37. The molecule has 0 unspecified atom stereocenters. The number of carbonyl (C=O) groups excluding carboxylic acids is 1. The number of pyridine rings is 1. The number of nitrogens with zero attached hydrogens (tertiary/aromatic N) is 1. The lowest BCUT2D eigenvalue weighted by molar-refractivity contribution is 0.0567. The van der Waals surface area contributed by atoms with Crippen LogP contribution in [-0.2, 0) is 21.4 Å². The molecule has 0 radical (unpaired) electrons. The van der Waals surface area contributed by atoms with Crippen LogP contribution in [0.4, 0.5) is 11.4 Å². The van der Waals surface area contributed by atoms with Crippen molar-refractivity contribution in [1.82, 2.24) is 10.3 Å². The molecule has 1 aromatic heterocycles. The quantitative estimate of drug-likeness (QED) is 0.345. The van der Waals surface area contributed by atoms with Gasteiger partial charge in [-0.2, -0.15) is 0 Å². The zero-order valence-electron chi connectivity index (χ0n) is 25.9. The molecule has 0 aliphatic carbocycles. The van der Waals surface area contributed by atoms with Gasteiger partial charge in [-0.15, -0.1) is 0 Å². The van der Waals surface area contributed by atoms with Gasteiger partial charge in [0.1, 0.15) is 0 Å². The SMILES string of the molecule is CCN(c1cc(-c2ccc3c(c2)NCC32CCOCC2)cc(C(=O)NCc2c(C)cc(C)[nH]c2=O)c1C)C1CCOCC1. The number of ether oxygens (including phenoxy) is 2. The van der Waals surface area contributed by atoms with E-state index in [-0.39, 0.29) is 23.4 Å². The average molecular weight is 585 g/mol. The Labute approximate surface area is 254 Å². The third-order valence-electron chi connectivity index (χ3n) is 9.82. The first kappa shape index (κ1) is 29.5. The van der Waals surface area contributed by atoms with Gasteiger partial charge in [0.25, 0.3) is 11.5 Å². The van der Waals surface area contributed by atoms with E-state index in [0.29, 0.717) is 17.2 Å². The third-order valence-corrected chi connectivity index (χ3v) is 9.82.